The number of aryl methyl sites for hydroxylation is 1. The minimum absolute atomic E-state index is 0.0586. The van der Waals surface area contributed by atoms with E-state index in [4.69, 9.17) is 9.47 Å². The number of methoxy groups -OCH3 is 2. The van der Waals surface area contributed by atoms with Crippen LogP contribution in [-0.2, 0) is 11.3 Å². The topological polar surface area (TPSA) is 50.8 Å². The fourth-order valence-corrected chi connectivity index (χ4v) is 2.74. The number of nitrogens with one attached hydrogen (secondary N) is 1. The summed E-state index contributed by atoms with van der Waals surface area (Å²) in [7, 11) is 5.14. The van der Waals surface area contributed by atoms with Crippen LogP contribution < -0.4 is 14.8 Å². The molecule has 1 amide bonds. The van der Waals surface area contributed by atoms with E-state index in [9.17, 15) is 4.79 Å². The lowest BCUT2D eigenvalue weighted by Crippen LogP contribution is -2.30. The molecule has 1 N–H and O–H groups in total. The number of hydrogen-bond donors (Lipinski definition) is 1. The smallest absolute Gasteiger partial charge is 0.238 e. The lowest BCUT2D eigenvalue weighted by Gasteiger charge is -2.18. The van der Waals surface area contributed by atoms with E-state index < -0.39 is 0 Å². The quantitative estimate of drug-likeness (QED) is 0.758. The SMILES string of the molecule is COc1ccc(CN(C)CC(=O)Nc2ccc(Br)c(C)c2)c(OC)c1. The number of ether oxygens (including phenoxy) is 2. The number of hydrogen-bond acceptors (Lipinski definition) is 4. The van der Waals surface area contributed by atoms with Crippen molar-refractivity contribution in [3.05, 3.63) is 52.0 Å². The number of anilines is 1. The van der Waals surface area contributed by atoms with Gasteiger partial charge >= 0.3 is 0 Å². The fourth-order valence-electron chi connectivity index (χ4n) is 2.50. The second kappa shape index (κ2) is 8.87. The molecule has 0 spiro atoms. The van der Waals surface area contributed by atoms with Gasteiger partial charge in [0, 0.05) is 28.3 Å². The average molecular weight is 407 g/mol. The zero-order valence-electron chi connectivity index (χ0n) is 14.9. The van der Waals surface area contributed by atoms with Gasteiger partial charge in [-0.15, -0.1) is 0 Å². The third-order valence-corrected chi connectivity index (χ3v) is 4.68. The van der Waals surface area contributed by atoms with E-state index in [1.807, 2.05) is 55.3 Å². The maximum Gasteiger partial charge on any atom is 0.238 e. The first-order chi connectivity index (χ1) is 11.9. The van der Waals surface area contributed by atoms with Gasteiger partial charge in [-0.05, 0) is 43.8 Å². The van der Waals surface area contributed by atoms with Gasteiger partial charge in [0.2, 0.25) is 5.91 Å². The van der Waals surface area contributed by atoms with Crippen LogP contribution in [0.5, 0.6) is 11.5 Å². The third kappa shape index (κ3) is 5.47. The van der Waals surface area contributed by atoms with Gasteiger partial charge in [-0.1, -0.05) is 22.0 Å². The van der Waals surface area contributed by atoms with Crippen molar-refractivity contribution < 1.29 is 14.3 Å². The number of nitrogens with zero attached hydrogens (tertiary/aromatic N) is 1. The molecule has 0 aliphatic heterocycles. The Morgan fingerprint density at radius 3 is 2.56 bits per heavy atom. The first-order valence-corrected chi connectivity index (χ1v) is 8.67. The summed E-state index contributed by atoms with van der Waals surface area (Å²) in [6, 6.07) is 11.4. The molecule has 0 unspecified atom stereocenters. The summed E-state index contributed by atoms with van der Waals surface area (Å²) in [4.78, 5) is 14.2. The van der Waals surface area contributed by atoms with Crippen LogP contribution in [0.15, 0.2) is 40.9 Å². The van der Waals surface area contributed by atoms with E-state index in [1.165, 1.54) is 0 Å². The van der Waals surface area contributed by atoms with E-state index >= 15 is 0 Å². The third-order valence-electron chi connectivity index (χ3n) is 3.79. The molecule has 0 aliphatic carbocycles. The molecule has 0 heterocycles. The monoisotopic (exact) mass is 406 g/mol. The van der Waals surface area contributed by atoms with Gasteiger partial charge in [-0.2, -0.15) is 0 Å². The molecule has 0 saturated heterocycles. The highest BCUT2D eigenvalue weighted by atomic mass is 79.9. The molecular weight excluding hydrogens is 384 g/mol. The van der Waals surface area contributed by atoms with Gasteiger partial charge in [-0.3, -0.25) is 9.69 Å². The Kier molecular flexibility index (Phi) is 6.84. The van der Waals surface area contributed by atoms with Crippen LogP contribution in [0.4, 0.5) is 5.69 Å². The van der Waals surface area contributed by atoms with E-state index in [2.05, 4.69) is 21.2 Å². The predicted molar refractivity (Wildman–Crippen MR) is 103 cm³/mol. The van der Waals surface area contributed by atoms with Crippen molar-refractivity contribution in [3.63, 3.8) is 0 Å². The van der Waals surface area contributed by atoms with Crippen molar-refractivity contribution in [2.24, 2.45) is 0 Å². The van der Waals surface area contributed by atoms with Crippen molar-refractivity contribution in [1.29, 1.82) is 0 Å². The zero-order valence-corrected chi connectivity index (χ0v) is 16.5. The highest BCUT2D eigenvalue weighted by molar-refractivity contribution is 9.10. The number of halogens is 1. The van der Waals surface area contributed by atoms with Gasteiger partial charge in [0.25, 0.3) is 0 Å². The van der Waals surface area contributed by atoms with Gasteiger partial charge in [-0.25, -0.2) is 0 Å². The maximum absolute atomic E-state index is 12.2. The summed E-state index contributed by atoms with van der Waals surface area (Å²) in [5.41, 5.74) is 2.87. The molecule has 0 aliphatic rings. The highest BCUT2D eigenvalue weighted by Gasteiger charge is 2.11. The van der Waals surface area contributed by atoms with Crippen LogP contribution in [0, 0.1) is 6.92 Å². The predicted octanol–water partition coefficient (Wildman–Crippen LogP) is 3.85. The summed E-state index contributed by atoms with van der Waals surface area (Å²) >= 11 is 3.46. The van der Waals surface area contributed by atoms with Gasteiger partial charge in [0.1, 0.15) is 11.5 Å². The standard InChI is InChI=1S/C19H23BrN2O3/c1-13-9-15(6-8-17(13)20)21-19(23)12-22(2)11-14-5-7-16(24-3)10-18(14)25-4/h5-10H,11-12H2,1-4H3,(H,21,23). The van der Waals surface area contributed by atoms with E-state index in [-0.39, 0.29) is 12.5 Å². The lowest BCUT2D eigenvalue weighted by molar-refractivity contribution is -0.117. The Morgan fingerprint density at radius 2 is 1.92 bits per heavy atom. The molecular formula is C19H23BrN2O3. The molecule has 0 saturated carbocycles. The van der Waals surface area contributed by atoms with Crippen LogP contribution in [0.1, 0.15) is 11.1 Å². The molecule has 0 bridgehead atoms. The first kappa shape index (κ1) is 19.3. The molecule has 0 radical (unpaired) electrons. The average Bonchev–Trinajstić information content (AvgIpc) is 2.58. The van der Waals surface area contributed by atoms with Gasteiger partial charge in [0.05, 0.1) is 20.8 Å². The Bertz CT molecular complexity index is 749. The largest absolute Gasteiger partial charge is 0.497 e. The Balaban J connectivity index is 1.96. The minimum Gasteiger partial charge on any atom is -0.497 e. The zero-order chi connectivity index (χ0) is 18.4. The van der Waals surface area contributed by atoms with Crippen molar-refractivity contribution in [2.45, 2.75) is 13.5 Å². The van der Waals surface area contributed by atoms with Crippen LogP contribution in [-0.4, -0.2) is 38.6 Å². The fraction of sp³-hybridized carbons (Fsp3) is 0.316. The van der Waals surface area contributed by atoms with Crippen LogP contribution in [0.3, 0.4) is 0 Å². The Labute approximate surface area is 157 Å². The lowest BCUT2D eigenvalue weighted by atomic mass is 10.1. The number of likely N-dealkylation sites (N-methyl/N-ethyl adjacent to an activating group) is 1. The van der Waals surface area contributed by atoms with E-state index in [0.29, 0.717) is 6.54 Å². The van der Waals surface area contributed by atoms with Crippen molar-refractivity contribution >= 4 is 27.5 Å². The second-order valence-corrected chi connectivity index (χ2v) is 6.72. The molecule has 6 heteroatoms. The summed E-state index contributed by atoms with van der Waals surface area (Å²) < 4.78 is 11.6. The Morgan fingerprint density at radius 1 is 1.16 bits per heavy atom. The van der Waals surface area contributed by atoms with Gasteiger partial charge < -0.3 is 14.8 Å². The molecule has 25 heavy (non-hydrogen) atoms. The molecule has 0 aromatic heterocycles. The molecule has 2 aromatic rings. The number of amides is 1. The van der Waals surface area contributed by atoms with Crippen LogP contribution >= 0.6 is 15.9 Å². The Hall–Kier alpha value is -2.05. The van der Waals surface area contributed by atoms with Crippen LogP contribution in [0.25, 0.3) is 0 Å². The molecule has 2 aromatic carbocycles. The van der Waals surface area contributed by atoms with Gasteiger partial charge in [0.15, 0.2) is 0 Å². The number of rotatable bonds is 7. The summed E-state index contributed by atoms with van der Waals surface area (Å²) in [6.45, 7) is 2.87. The molecule has 5 nitrogen and oxygen atoms in total. The van der Waals surface area contributed by atoms with E-state index in [1.54, 1.807) is 14.2 Å². The summed E-state index contributed by atoms with van der Waals surface area (Å²) in [5.74, 6) is 1.43. The van der Waals surface area contributed by atoms with Crippen molar-refractivity contribution in [1.82, 2.24) is 4.90 Å². The molecule has 0 fully saturated rings. The maximum atomic E-state index is 12.2. The normalized spacial score (nSPS) is 10.6. The second-order valence-electron chi connectivity index (χ2n) is 5.86. The summed E-state index contributed by atoms with van der Waals surface area (Å²) in [5, 5.41) is 2.92. The number of benzene rings is 2. The molecule has 0 atom stereocenters. The first-order valence-electron chi connectivity index (χ1n) is 7.88. The van der Waals surface area contributed by atoms with Crippen molar-refractivity contribution in [3.8, 4) is 11.5 Å². The van der Waals surface area contributed by atoms with Crippen LogP contribution in [0.2, 0.25) is 0 Å². The number of carbonyl (C=O) groups is 1. The van der Waals surface area contributed by atoms with Crippen molar-refractivity contribution in [2.75, 3.05) is 33.1 Å². The highest BCUT2D eigenvalue weighted by Crippen LogP contribution is 2.25. The van der Waals surface area contributed by atoms with E-state index in [0.717, 1.165) is 32.8 Å². The summed E-state index contributed by atoms with van der Waals surface area (Å²) in [6.07, 6.45) is 0. The molecule has 134 valence electrons. The number of carbonyl (C=O) groups excluding carboxylic acids is 1. The molecule has 2 rings (SSSR count). The minimum atomic E-state index is -0.0586.